The largest absolute Gasteiger partial charge is 0.367 e. The van der Waals surface area contributed by atoms with Crippen molar-refractivity contribution in [1.82, 2.24) is 9.97 Å². The zero-order chi connectivity index (χ0) is 14.3. The van der Waals surface area contributed by atoms with Crippen LogP contribution in [-0.4, -0.2) is 16.0 Å². The van der Waals surface area contributed by atoms with Crippen LogP contribution in [-0.2, 0) is 0 Å². The third-order valence-electron chi connectivity index (χ3n) is 4.48. The molecular formula is C16H23N3S. The molecule has 2 unspecified atom stereocenters. The number of nitrogens with one attached hydrogen (secondary N) is 1. The van der Waals surface area contributed by atoms with Gasteiger partial charge in [0, 0.05) is 10.9 Å². The summed E-state index contributed by atoms with van der Waals surface area (Å²) in [5, 5.41) is 4.92. The van der Waals surface area contributed by atoms with Crippen molar-refractivity contribution in [3.63, 3.8) is 0 Å². The summed E-state index contributed by atoms with van der Waals surface area (Å²) in [6.07, 6.45) is 5.54. The molecule has 1 saturated carbocycles. The van der Waals surface area contributed by atoms with Crippen molar-refractivity contribution < 1.29 is 0 Å². The monoisotopic (exact) mass is 289 g/mol. The van der Waals surface area contributed by atoms with Gasteiger partial charge in [0.2, 0.25) is 0 Å². The summed E-state index contributed by atoms with van der Waals surface area (Å²) in [5.41, 5.74) is 1.32. The third-order valence-corrected chi connectivity index (χ3v) is 5.60. The molecule has 0 radical (unpaired) electrons. The van der Waals surface area contributed by atoms with E-state index < -0.39 is 0 Å². The van der Waals surface area contributed by atoms with Gasteiger partial charge in [0.05, 0.1) is 5.39 Å². The van der Waals surface area contributed by atoms with Crippen LogP contribution < -0.4 is 5.32 Å². The summed E-state index contributed by atoms with van der Waals surface area (Å²) in [6.45, 7) is 9.06. The molecule has 108 valence electrons. The van der Waals surface area contributed by atoms with Gasteiger partial charge in [-0.25, -0.2) is 9.97 Å². The van der Waals surface area contributed by atoms with Crippen molar-refractivity contribution >= 4 is 27.4 Å². The SMILES string of the molecule is Cc1sc2ncnc(NC3CC(C)CC(C)C3)c2c1C. The Kier molecular flexibility index (Phi) is 3.67. The Labute approximate surface area is 124 Å². The Morgan fingerprint density at radius 2 is 1.80 bits per heavy atom. The van der Waals surface area contributed by atoms with Crippen LogP contribution in [0.3, 0.4) is 0 Å². The number of hydrogen-bond acceptors (Lipinski definition) is 4. The van der Waals surface area contributed by atoms with Gasteiger partial charge in [-0.05, 0) is 50.5 Å². The minimum Gasteiger partial charge on any atom is -0.367 e. The van der Waals surface area contributed by atoms with Crippen LogP contribution in [0.2, 0.25) is 0 Å². The van der Waals surface area contributed by atoms with Crippen LogP contribution in [0.4, 0.5) is 5.82 Å². The Bertz CT molecular complexity index is 609. The molecule has 1 aliphatic carbocycles. The molecular weight excluding hydrogens is 266 g/mol. The number of aromatic nitrogens is 2. The topological polar surface area (TPSA) is 37.8 Å². The van der Waals surface area contributed by atoms with Crippen molar-refractivity contribution in [1.29, 1.82) is 0 Å². The first kappa shape index (κ1) is 13.8. The highest BCUT2D eigenvalue weighted by Gasteiger charge is 2.25. The molecule has 1 fully saturated rings. The number of aryl methyl sites for hydroxylation is 2. The van der Waals surface area contributed by atoms with Gasteiger partial charge in [-0.3, -0.25) is 0 Å². The summed E-state index contributed by atoms with van der Waals surface area (Å²) >= 11 is 1.76. The summed E-state index contributed by atoms with van der Waals surface area (Å²) in [7, 11) is 0. The first-order valence-electron chi connectivity index (χ1n) is 7.51. The fourth-order valence-electron chi connectivity index (χ4n) is 3.55. The number of thiophene rings is 1. The first-order valence-corrected chi connectivity index (χ1v) is 8.33. The van der Waals surface area contributed by atoms with E-state index in [2.05, 4.69) is 43.0 Å². The lowest BCUT2D eigenvalue weighted by Gasteiger charge is -2.32. The lowest BCUT2D eigenvalue weighted by molar-refractivity contribution is 0.280. The van der Waals surface area contributed by atoms with Crippen molar-refractivity contribution in [3.8, 4) is 0 Å². The quantitative estimate of drug-likeness (QED) is 0.881. The molecule has 0 aromatic carbocycles. The average molecular weight is 289 g/mol. The van der Waals surface area contributed by atoms with Crippen LogP contribution in [0.15, 0.2) is 6.33 Å². The van der Waals surface area contributed by atoms with E-state index in [1.54, 1.807) is 17.7 Å². The van der Waals surface area contributed by atoms with Crippen LogP contribution in [0, 0.1) is 25.7 Å². The summed E-state index contributed by atoms with van der Waals surface area (Å²) < 4.78 is 0. The van der Waals surface area contributed by atoms with Crippen molar-refractivity contribution in [2.45, 2.75) is 53.0 Å². The minimum absolute atomic E-state index is 0.548. The van der Waals surface area contributed by atoms with Gasteiger partial charge in [-0.15, -0.1) is 11.3 Å². The summed E-state index contributed by atoms with van der Waals surface area (Å²) in [5.74, 6) is 2.64. The van der Waals surface area contributed by atoms with Crippen LogP contribution >= 0.6 is 11.3 Å². The molecule has 0 aliphatic heterocycles. The van der Waals surface area contributed by atoms with E-state index in [0.717, 1.165) is 22.5 Å². The molecule has 20 heavy (non-hydrogen) atoms. The maximum Gasteiger partial charge on any atom is 0.138 e. The maximum absolute atomic E-state index is 4.51. The molecule has 0 bridgehead atoms. The maximum atomic E-state index is 4.51. The number of rotatable bonds is 2. The second-order valence-corrected chi connectivity index (χ2v) is 7.65. The molecule has 0 spiro atoms. The fraction of sp³-hybridized carbons (Fsp3) is 0.625. The van der Waals surface area contributed by atoms with Gasteiger partial charge in [0.15, 0.2) is 0 Å². The second-order valence-electron chi connectivity index (χ2n) is 6.44. The van der Waals surface area contributed by atoms with Gasteiger partial charge < -0.3 is 5.32 Å². The average Bonchev–Trinajstić information content (AvgIpc) is 2.65. The minimum atomic E-state index is 0.548. The summed E-state index contributed by atoms with van der Waals surface area (Å²) in [6, 6.07) is 0.548. The molecule has 1 N–H and O–H groups in total. The molecule has 1 aliphatic rings. The van der Waals surface area contributed by atoms with E-state index in [1.165, 1.54) is 35.1 Å². The smallest absolute Gasteiger partial charge is 0.138 e. The van der Waals surface area contributed by atoms with Gasteiger partial charge >= 0.3 is 0 Å². The van der Waals surface area contributed by atoms with Crippen molar-refractivity contribution in [3.05, 3.63) is 16.8 Å². The third kappa shape index (κ3) is 2.53. The van der Waals surface area contributed by atoms with Gasteiger partial charge in [0.25, 0.3) is 0 Å². The van der Waals surface area contributed by atoms with Crippen LogP contribution in [0.5, 0.6) is 0 Å². The molecule has 0 amide bonds. The molecule has 3 nitrogen and oxygen atoms in total. The first-order chi connectivity index (χ1) is 9.54. The van der Waals surface area contributed by atoms with Crippen molar-refractivity contribution in [2.75, 3.05) is 5.32 Å². The highest BCUT2D eigenvalue weighted by Crippen LogP contribution is 2.35. The molecule has 0 saturated heterocycles. The van der Waals surface area contributed by atoms with Gasteiger partial charge in [-0.1, -0.05) is 13.8 Å². The van der Waals surface area contributed by atoms with E-state index in [-0.39, 0.29) is 0 Å². The van der Waals surface area contributed by atoms with E-state index in [1.807, 2.05) is 0 Å². The lowest BCUT2D eigenvalue weighted by atomic mass is 9.80. The number of nitrogens with zero attached hydrogens (tertiary/aromatic N) is 2. The Morgan fingerprint density at radius 1 is 1.10 bits per heavy atom. The van der Waals surface area contributed by atoms with Gasteiger partial charge in [0.1, 0.15) is 17.0 Å². The standard InChI is InChI=1S/C16H23N3S/c1-9-5-10(2)7-13(6-9)19-15-14-11(3)12(4)20-16(14)18-8-17-15/h8-10,13H,5-7H2,1-4H3,(H,17,18,19). The van der Waals surface area contributed by atoms with E-state index in [9.17, 15) is 0 Å². The Morgan fingerprint density at radius 3 is 2.50 bits per heavy atom. The zero-order valence-electron chi connectivity index (χ0n) is 12.7. The predicted molar refractivity (Wildman–Crippen MR) is 86.5 cm³/mol. The number of hydrogen-bond donors (Lipinski definition) is 1. The van der Waals surface area contributed by atoms with Crippen LogP contribution in [0.1, 0.15) is 43.6 Å². The zero-order valence-corrected chi connectivity index (χ0v) is 13.5. The second kappa shape index (κ2) is 5.32. The van der Waals surface area contributed by atoms with Crippen LogP contribution in [0.25, 0.3) is 10.2 Å². The molecule has 2 aromatic rings. The number of anilines is 1. The lowest BCUT2D eigenvalue weighted by Crippen LogP contribution is -2.30. The molecule has 4 heteroatoms. The van der Waals surface area contributed by atoms with E-state index in [4.69, 9.17) is 0 Å². The van der Waals surface area contributed by atoms with E-state index in [0.29, 0.717) is 6.04 Å². The summed E-state index contributed by atoms with van der Waals surface area (Å²) in [4.78, 5) is 11.4. The molecule has 3 rings (SSSR count). The molecule has 2 aromatic heterocycles. The Balaban J connectivity index is 1.91. The normalized spacial score (nSPS) is 26.9. The predicted octanol–water partition coefficient (Wildman–Crippen LogP) is 4.54. The van der Waals surface area contributed by atoms with Gasteiger partial charge in [-0.2, -0.15) is 0 Å². The molecule has 2 atom stereocenters. The Hall–Kier alpha value is -1.16. The molecule has 2 heterocycles. The fourth-order valence-corrected chi connectivity index (χ4v) is 4.55. The highest BCUT2D eigenvalue weighted by atomic mass is 32.1. The van der Waals surface area contributed by atoms with E-state index >= 15 is 0 Å². The van der Waals surface area contributed by atoms with Crippen molar-refractivity contribution in [2.24, 2.45) is 11.8 Å². The number of fused-ring (bicyclic) bond motifs is 1. The highest BCUT2D eigenvalue weighted by molar-refractivity contribution is 7.18.